The lowest BCUT2D eigenvalue weighted by molar-refractivity contribution is 0.551. The van der Waals surface area contributed by atoms with E-state index in [0.29, 0.717) is 17.3 Å². The monoisotopic (exact) mass is 402 g/mol. The Balaban J connectivity index is 1.74. The van der Waals surface area contributed by atoms with E-state index in [1.54, 1.807) is 24.3 Å². The van der Waals surface area contributed by atoms with Gasteiger partial charge in [0.05, 0.1) is 4.90 Å². The van der Waals surface area contributed by atoms with E-state index in [2.05, 4.69) is 19.9 Å². The van der Waals surface area contributed by atoms with Crippen molar-refractivity contribution in [2.75, 3.05) is 5.75 Å². The number of aromatic amines is 1. The lowest BCUT2D eigenvalue weighted by Gasteiger charge is -2.19. The second kappa shape index (κ2) is 8.69. The van der Waals surface area contributed by atoms with Crippen molar-refractivity contribution in [3.05, 3.63) is 71.5 Å². The van der Waals surface area contributed by atoms with Gasteiger partial charge in [0.25, 0.3) is 0 Å². The molecule has 8 heteroatoms. The van der Waals surface area contributed by atoms with Crippen molar-refractivity contribution in [2.45, 2.75) is 36.4 Å². The number of aryl methyl sites for hydroxylation is 2. The molecule has 3 rings (SSSR count). The summed E-state index contributed by atoms with van der Waals surface area (Å²) < 4.78 is 28.5. The number of aromatic nitrogens is 3. The first-order valence-corrected chi connectivity index (χ1v) is 11.1. The molecule has 0 aliphatic carbocycles. The number of benzene rings is 2. The van der Waals surface area contributed by atoms with Crippen LogP contribution in [0.2, 0.25) is 0 Å². The topological polar surface area (TPSA) is 87.7 Å². The van der Waals surface area contributed by atoms with E-state index in [9.17, 15) is 8.42 Å². The molecule has 0 spiro atoms. The van der Waals surface area contributed by atoms with Gasteiger partial charge in [0, 0.05) is 11.8 Å². The maximum atomic E-state index is 12.8. The van der Waals surface area contributed by atoms with E-state index in [1.165, 1.54) is 11.8 Å². The lowest BCUT2D eigenvalue weighted by Crippen LogP contribution is -2.29. The number of thioether (sulfide) groups is 1. The molecule has 2 aromatic carbocycles. The maximum absolute atomic E-state index is 12.8. The van der Waals surface area contributed by atoms with Crippen molar-refractivity contribution in [3.63, 3.8) is 0 Å². The summed E-state index contributed by atoms with van der Waals surface area (Å²) in [5.41, 5.74) is 1.95. The molecular weight excluding hydrogens is 380 g/mol. The van der Waals surface area contributed by atoms with Crippen molar-refractivity contribution in [2.24, 2.45) is 0 Å². The van der Waals surface area contributed by atoms with Gasteiger partial charge in [-0.05, 0) is 38.0 Å². The van der Waals surface area contributed by atoms with Crippen molar-refractivity contribution < 1.29 is 8.42 Å². The van der Waals surface area contributed by atoms with E-state index in [0.717, 1.165) is 17.0 Å². The van der Waals surface area contributed by atoms with Crippen LogP contribution in [0.4, 0.5) is 0 Å². The Kier molecular flexibility index (Phi) is 6.30. The summed E-state index contributed by atoms with van der Waals surface area (Å²) in [4.78, 5) is 4.54. The Bertz CT molecular complexity index is 970. The molecule has 2 N–H and O–H groups in total. The third kappa shape index (κ3) is 5.41. The molecule has 1 heterocycles. The van der Waals surface area contributed by atoms with Crippen LogP contribution in [0.25, 0.3) is 0 Å². The molecule has 1 aromatic heterocycles. The van der Waals surface area contributed by atoms with Gasteiger partial charge >= 0.3 is 0 Å². The minimum absolute atomic E-state index is 0.270. The van der Waals surface area contributed by atoms with Gasteiger partial charge in [-0.15, -0.1) is 5.10 Å². The number of H-pyrrole nitrogens is 1. The molecule has 0 radical (unpaired) electrons. The van der Waals surface area contributed by atoms with E-state index in [1.807, 2.05) is 44.2 Å². The third-order valence-corrected chi connectivity index (χ3v) is 6.41. The third-order valence-electron chi connectivity index (χ3n) is 4.05. The van der Waals surface area contributed by atoms with Crippen LogP contribution >= 0.6 is 11.8 Å². The van der Waals surface area contributed by atoms with Crippen LogP contribution in [-0.4, -0.2) is 29.4 Å². The Morgan fingerprint density at radius 3 is 2.41 bits per heavy atom. The van der Waals surface area contributed by atoms with Gasteiger partial charge in [-0.3, -0.25) is 5.10 Å². The van der Waals surface area contributed by atoms with Crippen LogP contribution in [0, 0.1) is 13.8 Å². The average Bonchev–Trinajstić information content (AvgIpc) is 3.07. The molecule has 1 atom stereocenters. The van der Waals surface area contributed by atoms with Crippen LogP contribution in [0.1, 0.15) is 29.4 Å². The highest BCUT2D eigenvalue weighted by molar-refractivity contribution is 7.99. The molecule has 0 bridgehead atoms. The van der Waals surface area contributed by atoms with Crippen molar-refractivity contribution in [3.8, 4) is 0 Å². The van der Waals surface area contributed by atoms with Gasteiger partial charge < -0.3 is 0 Å². The molecule has 0 fully saturated rings. The number of nitrogens with zero attached hydrogens (tertiary/aromatic N) is 2. The summed E-state index contributed by atoms with van der Waals surface area (Å²) >= 11 is 1.50. The lowest BCUT2D eigenvalue weighted by atomic mass is 10.1. The van der Waals surface area contributed by atoms with Crippen LogP contribution in [0.5, 0.6) is 0 Å². The molecule has 6 nitrogen and oxygen atoms in total. The Hall–Kier alpha value is -2.16. The standard InChI is InChI=1S/C19H22N4O2S2/c1-14-8-10-17(11-9-14)27(24,25)23-18(16-6-4-3-5-7-16)12-13-26-19-20-15(2)21-22-19/h3-11,18,23H,12-13H2,1-2H3,(H,20,21,22)/t18-/m1/s1. The fraction of sp³-hybridized carbons (Fsp3) is 0.263. The summed E-state index contributed by atoms with van der Waals surface area (Å²) in [5.74, 6) is 1.45. The van der Waals surface area contributed by atoms with E-state index < -0.39 is 10.0 Å². The van der Waals surface area contributed by atoms with Crippen LogP contribution in [-0.2, 0) is 10.0 Å². The van der Waals surface area contributed by atoms with Gasteiger partial charge in [-0.25, -0.2) is 18.1 Å². The zero-order valence-electron chi connectivity index (χ0n) is 15.2. The zero-order valence-corrected chi connectivity index (χ0v) is 16.8. The van der Waals surface area contributed by atoms with Gasteiger partial charge in [0.1, 0.15) is 5.82 Å². The van der Waals surface area contributed by atoms with E-state index >= 15 is 0 Å². The quantitative estimate of drug-likeness (QED) is 0.562. The number of sulfonamides is 1. The number of nitrogens with one attached hydrogen (secondary N) is 2. The number of hydrogen-bond donors (Lipinski definition) is 2. The minimum atomic E-state index is -3.61. The van der Waals surface area contributed by atoms with Gasteiger partial charge in [0.2, 0.25) is 15.2 Å². The Labute approximate surface area is 163 Å². The molecule has 3 aromatic rings. The number of hydrogen-bond acceptors (Lipinski definition) is 5. The predicted octanol–water partition coefficient (Wildman–Crippen LogP) is 3.62. The predicted molar refractivity (Wildman–Crippen MR) is 107 cm³/mol. The van der Waals surface area contributed by atoms with Crippen LogP contribution in [0.3, 0.4) is 0 Å². The second-order valence-electron chi connectivity index (χ2n) is 6.24. The SMILES string of the molecule is Cc1ccc(S(=O)(=O)N[C@H](CCSc2n[nH]c(C)n2)c2ccccc2)cc1. The molecule has 0 aliphatic heterocycles. The summed E-state index contributed by atoms with van der Waals surface area (Å²) in [6.45, 7) is 3.78. The summed E-state index contributed by atoms with van der Waals surface area (Å²) in [5, 5.41) is 7.58. The first-order chi connectivity index (χ1) is 12.9. The fourth-order valence-corrected chi connectivity index (χ4v) is 4.71. The largest absolute Gasteiger partial charge is 0.262 e. The maximum Gasteiger partial charge on any atom is 0.241 e. The Morgan fingerprint density at radius 1 is 1.07 bits per heavy atom. The fourth-order valence-electron chi connectivity index (χ4n) is 2.61. The van der Waals surface area contributed by atoms with Crippen LogP contribution < -0.4 is 4.72 Å². The average molecular weight is 403 g/mol. The zero-order chi connectivity index (χ0) is 19.3. The summed E-state index contributed by atoms with van der Waals surface area (Å²) in [7, 11) is -3.61. The molecule has 0 saturated carbocycles. The van der Waals surface area contributed by atoms with E-state index in [-0.39, 0.29) is 10.9 Å². The number of rotatable bonds is 8. The first-order valence-electron chi connectivity index (χ1n) is 8.60. The normalized spacial score (nSPS) is 12.8. The highest BCUT2D eigenvalue weighted by atomic mass is 32.2. The van der Waals surface area contributed by atoms with Crippen molar-refractivity contribution in [1.29, 1.82) is 0 Å². The van der Waals surface area contributed by atoms with Gasteiger partial charge in [0.15, 0.2) is 0 Å². The second-order valence-corrected chi connectivity index (χ2v) is 9.01. The summed E-state index contributed by atoms with van der Waals surface area (Å²) in [6, 6.07) is 16.1. The summed E-state index contributed by atoms with van der Waals surface area (Å²) in [6.07, 6.45) is 0.618. The molecule has 0 unspecified atom stereocenters. The van der Waals surface area contributed by atoms with Crippen LogP contribution in [0.15, 0.2) is 64.6 Å². The minimum Gasteiger partial charge on any atom is -0.262 e. The molecule has 142 valence electrons. The highest BCUT2D eigenvalue weighted by Crippen LogP contribution is 2.24. The smallest absolute Gasteiger partial charge is 0.241 e. The molecular formula is C19H22N4O2S2. The Morgan fingerprint density at radius 2 is 1.78 bits per heavy atom. The molecule has 0 aliphatic rings. The molecule has 0 amide bonds. The van der Waals surface area contributed by atoms with Crippen molar-refractivity contribution >= 4 is 21.8 Å². The highest BCUT2D eigenvalue weighted by Gasteiger charge is 2.21. The van der Waals surface area contributed by atoms with Crippen molar-refractivity contribution in [1.82, 2.24) is 19.9 Å². The van der Waals surface area contributed by atoms with E-state index in [4.69, 9.17) is 0 Å². The molecule has 0 saturated heterocycles. The van der Waals surface area contributed by atoms with Gasteiger partial charge in [-0.1, -0.05) is 59.8 Å². The van der Waals surface area contributed by atoms with Gasteiger partial charge in [-0.2, -0.15) is 0 Å². The molecule has 27 heavy (non-hydrogen) atoms. The first kappa shape index (κ1) is 19.6.